The summed E-state index contributed by atoms with van der Waals surface area (Å²) >= 11 is 6.06. The van der Waals surface area contributed by atoms with Gasteiger partial charge >= 0.3 is 5.97 Å². The molecule has 0 unspecified atom stereocenters. The van der Waals surface area contributed by atoms with E-state index in [4.69, 9.17) is 21.1 Å². The molecule has 0 amide bonds. The molecule has 0 atom stereocenters. The summed E-state index contributed by atoms with van der Waals surface area (Å²) in [6.07, 6.45) is 0.930. The Morgan fingerprint density at radius 1 is 1.00 bits per heavy atom. The number of hydrogen-bond acceptors (Lipinski definition) is 11. The second-order valence-electron chi connectivity index (χ2n) is 8.61. The van der Waals surface area contributed by atoms with Crippen LogP contribution in [0.1, 0.15) is 32.3 Å². The molecule has 3 aromatic rings. The Morgan fingerprint density at radius 2 is 1.66 bits per heavy atom. The zero-order valence-electron chi connectivity index (χ0n) is 23.0. The monoisotopic (exact) mass is 582 g/mol. The van der Waals surface area contributed by atoms with Crippen LogP contribution in [-0.4, -0.2) is 42.8 Å². The first-order valence-electron chi connectivity index (χ1n) is 12.9. The molecule has 0 aliphatic carbocycles. The normalized spacial score (nSPS) is 11.2. The number of carbonyl (C=O) groups excluding carboxylic acids is 1. The van der Waals surface area contributed by atoms with Gasteiger partial charge in [-0.2, -0.15) is 15.3 Å². The minimum absolute atomic E-state index is 0.119. The fraction of sp³-hybridized carbons (Fsp3) is 0.321. The summed E-state index contributed by atoms with van der Waals surface area (Å²) in [5, 5.41) is 37.8. The number of nitro benzene ring substituents is 1. The molecule has 0 bridgehead atoms. The largest absolute Gasteiger partial charge is 0.495 e. The number of carbonyl (C=O) groups is 1. The fourth-order valence-corrected chi connectivity index (χ4v) is 4.04. The van der Waals surface area contributed by atoms with Crippen LogP contribution in [0.2, 0.25) is 5.02 Å². The summed E-state index contributed by atoms with van der Waals surface area (Å²) in [4.78, 5) is 24.1. The van der Waals surface area contributed by atoms with Crippen molar-refractivity contribution in [3.63, 3.8) is 0 Å². The molecule has 0 aromatic heterocycles. The Balaban J connectivity index is 1.73. The number of hydrogen-bond donors (Lipinski definition) is 1. The first-order valence-corrected chi connectivity index (χ1v) is 13.3. The molecule has 0 saturated carbocycles. The summed E-state index contributed by atoms with van der Waals surface area (Å²) in [7, 11) is 1.56. The highest BCUT2D eigenvalue weighted by molar-refractivity contribution is 6.33. The van der Waals surface area contributed by atoms with Gasteiger partial charge in [0.15, 0.2) is 0 Å². The molecule has 12 nitrogen and oxygen atoms in total. The van der Waals surface area contributed by atoms with Crippen LogP contribution < -0.4 is 9.64 Å². The second-order valence-corrected chi connectivity index (χ2v) is 9.02. The molecule has 41 heavy (non-hydrogen) atoms. The first-order chi connectivity index (χ1) is 19.8. The van der Waals surface area contributed by atoms with Gasteiger partial charge in [0, 0.05) is 43.3 Å². The Labute approximate surface area is 242 Å². The van der Waals surface area contributed by atoms with Gasteiger partial charge < -0.3 is 19.5 Å². The number of aliphatic hydroxyl groups excluding tert-OH is 1. The molecule has 0 fully saturated rings. The van der Waals surface area contributed by atoms with E-state index in [-0.39, 0.29) is 23.3 Å². The fourth-order valence-electron chi connectivity index (χ4n) is 3.83. The highest BCUT2D eigenvalue weighted by atomic mass is 35.5. The number of azo groups is 2. The van der Waals surface area contributed by atoms with E-state index in [1.165, 1.54) is 18.2 Å². The standard InChI is InChI=1S/C28H31ClN6O6/c1-4-34(14-6-7-28(37)41-5-2)26-15-19(18-36)25(17-27(26)40-3)33-31-21-10-8-20(9-11-21)30-32-24-13-12-22(35(38)39)16-23(24)29/h8-13,15-17,36H,4-7,14,18H2,1-3H3. The molecule has 0 radical (unpaired) electrons. The highest BCUT2D eigenvalue weighted by Crippen LogP contribution is 2.37. The Bertz CT molecular complexity index is 1410. The van der Waals surface area contributed by atoms with Gasteiger partial charge in [-0.15, -0.1) is 5.11 Å². The molecule has 0 aliphatic heterocycles. The van der Waals surface area contributed by atoms with Crippen LogP contribution in [0.4, 0.5) is 34.1 Å². The third kappa shape index (κ3) is 8.78. The lowest BCUT2D eigenvalue weighted by atomic mass is 10.1. The second kappa shape index (κ2) is 15.4. The lowest BCUT2D eigenvalue weighted by Gasteiger charge is -2.26. The van der Waals surface area contributed by atoms with Crippen molar-refractivity contribution < 1.29 is 24.3 Å². The van der Waals surface area contributed by atoms with Crippen LogP contribution in [0, 0.1) is 10.1 Å². The van der Waals surface area contributed by atoms with Gasteiger partial charge in [-0.25, -0.2) is 0 Å². The molecule has 0 saturated heterocycles. The summed E-state index contributed by atoms with van der Waals surface area (Å²) in [6.45, 7) is 5.16. The number of non-ortho nitro benzene ring substituents is 1. The van der Waals surface area contributed by atoms with Crippen molar-refractivity contribution in [2.45, 2.75) is 33.3 Å². The third-order valence-electron chi connectivity index (χ3n) is 5.93. The number of nitrogens with zero attached hydrogens (tertiary/aromatic N) is 6. The first kappa shape index (κ1) is 31.1. The van der Waals surface area contributed by atoms with Crippen molar-refractivity contribution >= 4 is 51.7 Å². The molecule has 216 valence electrons. The van der Waals surface area contributed by atoms with Gasteiger partial charge in [-0.3, -0.25) is 14.9 Å². The highest BCUT2D eigenvalue weighted by Gasteiger charge is 2.16. The summed E-state index contributed by atoms with van der Waals surface area (Å²) < 4.78 is 10.6. The third-order valence-corrected chi connectivity index (χ3v) is 6.23. The molecule has 13 heteroatoms. The lowest BCUT2D eigenvalue weighted by Crippen LogP contribution is -2.25. The SMILES string of the molecule is CCOC(=O)CCCN(CC)c1cc(CO)c(N=Nc2ccc(N=Nc3ccc([N+](=O)[O-])cc3Cl)cc2)cc1OC. The predicted octanol–water partition coefficient (Wildman–Crippen LogP) is 7.75. The van der Waals surface area contributed by atoms with E-state index in [1.807, 2.05) is 13.0 Å². The van der Waals surface area contributed by atoms with E-state index in [9.17, 15) is 20.0 Å². The molecule has 1 N–H and O–H groups in total. The van der Waals surface area contributed by atoms with Gasteiger partial charge in [-0.1, -0.05) is 11.6 Å². The predicted molar refractivity (Wildman–Crippen MR) is 156 cm³/mol. The van der Waals surface area contributed by atoms with E-state index in [1.54, 1.807) is 44.4 Å². The van der Waals surface area contributed by atoms with E-state index in [0.717, 1.165) is 5.69 Å². The van der Waals surface area contributed by atoms with Crippen LogP contribution in [0.25, 0.3) is 0 Å². The molecule has 0 spiro atoms. The van der Waals surface area contributed by atoms with Crippen molar-refractivity contribution in [1.29, 1.82) is 0 Å². The maximum atomic E-state index is 11.7. The Morgan fingerprint density at radius 3 is 2.20 bits per heavy atom. The van der Waals surface area contributed by atoms with Crippen molar-refractivity contribution in [3.8, 4) is 5.75 Å². The number of methoxy groups -OCH3 is 1. The summed E-state index contributed by atoms with van der Waals surface area (Å²) in [5.74, 6) is 0.335. The summed E-state index contributed by atoms with van der Waals surface area (Å²) in [6, 6.07) is 14.2. The Hall–Kier alpha value is -4.42. The minimum Gasteiger partial charge on any atom is -0.495 e. The molecule has 3 rings (SSSR count). The molecular formula is C28H31ClN6O6. The smallest absolute Gasteiger partial charge is 0.305 e. The quantitative estimate of drug-likeness (QED) is 0.0882. The van der Waals surface area contributed by atoms with Crippen molar-refractivity contribution in [2.75, 3.05) is 31.7 Å². The van der Waals surface area contributed by atoms with E-state index < -0.39 is 4.92 Å². The van der Waals surface area contributed by atoms with E-state index in [0.29, 0.717) is 66.6 Å². The van der Waals surface area contributed by atoms with Gasteiger partial charge in [0.1, 0.15) is 11.4 Å². The van der Waals surface area contributed by atoms with Crippen LogP contribution in [0.15, 0.2) is 75.1 Å². The molecule has 0 heterocycles. The van der Waals surface area contributed by atoms with Gasteiger partial charge in [0.25, 0.3) is 5.69 Å². The minimum atomic E-state index is -0.537. The number of anilines is 1. The van der Waals surface area contributed by atoms with Crippen LogP contribution >= 0.6 is 11.6 Å². The topological polar surface area (TPSA) is 152 Å². The number of benzene rings is 3. The van der Waals surface area contributed by atoms with Crippen LogP contribution in [-0.2, 0) is 16.1 Å². The number of nitro groups is 1. The van der Waals surface area contributed by atoms with Crippen molar-refractivity contribution in [2.24, 2.45) is 20.5 Å². The molecule has 0 aliphatic rings. The zero-order valence-corrected chi connectivity index (χ0v) is 23.7. The van der Waals surface area contributed by atoms with E-state index >= 15 is 0 Å². The van der Waals surface area contributed by atoms with Crippen molar-refractivity contribution in [3.05, 3.63) is 75.3 Å². The molecule has 3 aromatic carbocycles. The van der Waals surface area contributed by atoms with Gasteiger partial charge in [0.2, 0.25) is 0 Å². The van der Waals surface area contributed by atoms with Crippen molar-refractivity contribution in [1.82, 2.24) is 0 Å². The summed E-state index contributed by atoms with van der Waals surface area (Å²) in [5.41, 5.74) is 3.03. The van der Waals surface area contributed by atoms with Crippen LogP contribution in [0.3, 0.4) is 0 Å². The number of ether oxygens (including phenoxy) is 2. The number of halogens is 1. The molecular weight excluding hydrogens is 552 g/mol. The average Bonchev–Trinajstić information content (AvgIpc) is 2.98. The lowest BCUT2D eigenvalue weighted by molar-refractivity contribution is -0.384. The zero-order chi connectivity index (χ0) is 29.8. The maximum absolute atomic E-state index is 11.7. The number of aliphatic hydroxyl groups is 1. The van der Waals surface area contributed by atoms with E-state index in [2.05, 4.69) is 25.4 Å². The number of rotatable bonds is 14. The van der Waals surface area contributed by atoms with Gasteiger partial charge in [-0.05, 0) is 56.7 Å². The average molecular weight is 583 g/mol. The Kier molecular flexibility index (Phi) is 11.7. The maximum Gasteiger partial charge on any atom is 0.305 e. The van der Waals surface area contributed by atoms with Crippen LogP contribution in [0.5, 0.6) is 5.75 Å². The number of esters is 1. The van der Waals surface area contributed by atoms with Gasteiger partial charge in [0.05, 0.1) is 53.0 Å².